The molecule has 1 saturated heterocycles. The molecule has 1 fully saturated rings. The number of phenols is 1. The van der Waals surface area contributed by atoms with Gasteiger partial charge in [0.1, 0.15) is 11.5 Å². The van der Waals surface area contributed by atoms with E-state index in [0.29, 0.717) is 11.1 Å². The van der Waals surface area contributed by atoms with E-state index in [0.717, 1.165) is 5.56 Å². The van der Waals surface area contributed by atoms with Crippen LogP contribution in [0.3, 0.4) is 0 Å². The third-order valence-electron chi connectivity index (χ3n) is 4.61. The summed E-state index contributed by atoms with van der Waals surface area (Å²) in [7, 11) is 1.51. The summed E-state index contributed by atoms with van der Waals surface area (Å²) in [6.45, 7) is 2.38. The third kappa shape index (κ3) is 3.57. The SMILES string of the molecule is COCCN1C(=O)C(=O)C(=C(O)c2ccc(C)cc2)C1c1ccc(O)cc1. The molecule has 3 rings (SSSR count). The van der Waals surface area contributed by atoms with Gasteiger partial charge in [-0.25, -0.2) is 0 Å². The molecule has 1 unspecified atom stereocenters. The Kier molecular flexibility index (Phi) is 5.28. The van der Waals surface area contributed by atoms with E-state index < -0.39 is 17.7 Å². The quantitative estimate of drug-likeness (QED) is 0.482. The number of aromatic hydroxyl groups is 1. The number of amides is 1. The molecule has 2 aromatic rings. The van der Waals surface area contributed by atoms with E-state index in [4.69, 9.17) is 4.74 Å². The van der Waals surface area contributed by atoms with Crippen molar-refractivity contribution >= 4 is 17.4 Å². The van der Waals surface area contributed by atoms with Crippen molar-refractivity contribution in [2.75, 3.05) is 20.3 Å². The van der Waals surface area contributed by atoms with Crippen LogP contribution in [0.1, 0.15) is 22.7 Å². The molecule has 0 spiro atoms. The number of hydrogen-bond donors (Lipinski definition) is 2. The summed E-state index contributed by atoms with van der Waals surface area (Å²) < 4.78 is 5.06. The van der Waals surface area contributed by atoms with Gasteiger partial charge in [0, 0.05) is 19.2 Å². The lowest BCUT2D eigenvalue weighted by atomic mass is 9.95. The number of aliphatic hydroxyl groups excluding tert-OH is 1. The molecule has 0 bridgehead atoms. The van der Waals surface area contributed by atoms with Crippen molar-refractivity contribution in [3.8, 4) is 5.75 Å². The maximum absolute atomic E-state index is 12.7. The van der Waals surface area contributed by atoms with Crippen LogP contribution in [0.4, 0.5) is 0 Å². The van der Waals surface area contributed by atoms with Gasteiger partial charge < -0.3 is 19.8 Å². The number of carbonyl (C=O) groups excluding carboxylic acids is 2. The van der Waals surface area contributed by atoms with Crippen molar-refractivity contribution in [2.24, 2.45) is 0 Å². The zero-order valence-electron chi connectivity index (χ0n) is 15.2. The minimum Gasteiger partial charge on any atom is -0.508 e. The predicted molar refractivity (Wildman–Crippen MR) is 100 cm³/mol. The van der Waals surface area contributed by atoms with E-state index >= 15 is 0 Å². The molecule has 1 aliphatic rings. The van der Waals surface area contributed by atoms with Gasteiger partial charge in [0.05, 0.1) is 18.2 Å². The number of phenolic OH excluding ortho intramolecular Hbond substituents is 1. The molecule has 0 radical (unpaired) electrons. The highest BCUT2D eigenvalue weighted by atomic mass is 16.5. The summed E-state index contributed by atoms with van der Waals surface area (Å²) in [6, 6.07) is 12.6. The number of aryl methyl sites for hydroxylation is 1. The number of likely N-dealkylation sites (tertiary alicyclic amines) is 1. The molecule has 6 heteroatoms. The lowest BCUT2D eigenvalue weighted by Crippen LogP contribution is -2.32. The summed E-state index contributed by atoms with van der Waals surface area (Å²) in [5.74, 6) is -1.56. The highest BCUT2D eigenvalue weighted by molar-refractivity contribution is 6.46. The molecule has 0 saturated carbocycles. The normalized spacial score (nSPS) is 18.9. The van der Waals surface area contributed by atoms with Crippen molar-refractivity contribution in [1.29, 1.82) is 0 Å². The van der Waals surface area contributed by atoms with Gasteiger partial charge in [-0.3, -0.25) is 9.59 Å². The summed E-state index contributed by atoms with van der Waals surface area (Å²) in [5, 5.41) is 20.4. The molecule has 1 amide bonds. The number of carbonyl (C=O) groups is 2. The second-order valence-electron chi connectivity index (χ2n) is 6.44. The molecule has 2 aromatic carbocycles. The largest absolute Gasteiger partial charge is 0.508 e. The van der Waals surface area contributed by atoms with Crippen LogP contribution >= 0.6 is 0 Å². The minimum absolute atomic E-state index is 0.0330. The molecule has 1 atom stereocenters. The van der Waals surface area contributed by atoms with Crippen LogP contribution in [0.2, 0.25) is 0 Å². The second kappa shape index (κ2) is 7.63. The van der Waals surface area contributed by atoms with Gasteiger partial charge in [-0.2, -0.15) is 0 Å². The van der Waals surface area contributed by atoms with Gasteiger partial charge in [-0.15, -0.1) is 0 Å². The Morgan fingerprint density at radius 1 is 1.07 bits per heavy atom. The van der Waals surface area contributed by atoms with Crippen LogP contribution in [0.5, 0.6) is 5.75 Å². The van der Waals surface area contributed by atoms with Crippen molar-refractivity contribution in [3.63, 3.8) is 0 Å². The molecular formula is C21H21NO5. The molecular weight excluding hydrogens is 346 g/mol. The first kappa shape index (κ1) is 18.7. The Morgan fingerprint density at radius 3 is 2.30 bits per heavy atom. The van der Waals surface area contributed by atoms with Crippen LogP contribution < -0.4 is 0 Å². The Bertz CT molecular complexity index is 884. The van der Waals surface area contributed by atoms with E-state index in [-0.39, 0.29) is 30.2 Å². The molecule has 27 heavy (non-hydrogen) atoms. The van der Waals surface area contributed by atoms with Crippen LogP contribution in [0, 0.1) is 6.92 Å². The Morgan fingerprint density at radius 2 is 1.70 bits per heavy atom. The lowest BCUT2D eigenvalue weighted by Gasteiger charge is -2.25. The monoisotopic (exact) mass is 367 g/mol. The molecule has 0 aliphatic carbocycles. The standard InChI is InChI=1S/C21H21NO5/c1-13-3-5-15(6-4-13)19(24)17-18(14-7-9-16(23)10-8-14)22(11-12-27-2)21(26)20(17)25/h3-10,18,23-24H,11-12H2,1-2H3. The second-order valence-corrected chi connectivity index (χ2v) is 6.44. The third-order valence-corrected chi connectivity index (χ3v) is 4.61. The average molecular weight is 367 g/mol. The van der Waals surface area contributed by atoms with Gasteiger partial charge in [0.15, 0.2) is 0 Å². The number of ketones is 1. The lowest BCUT2D eigenvalue weighted by molar-refractivity contribution is -0.140. The minimum atomic E-state index is -0.748. The zero-order valence-corrected chi connectivity index (χ0v) is 15.2. The van der Waals surface area contributed by atoms with E-state index in [1.807, 2.05) is 19.1 Å². The number of aliphatic hydroxyl groups is 1. The Balaban J connectivity index is 2.14. The summed E-state index contributed by atoms with van der Waals surface area (Å²) in [6.07, 6.45) is 0. The highest BCUT2D eigenvalue weighted by Crippen LogP contribution is 2.39. The number of hydrogen-bond acceptors (Lipinski definition) is 5. The van der Waals surface area contributed by atoms with E-state index in [2.05, 4.69) is 0 Å². The maximum Gasteiger partial charge on any atom is 0.295 e. The van der Waals surface area contributed by atoms with Gasteiger partial charge in [-0.1, -0.05) is 42.0 Å². The zero-order chi connectivity index (χ0) is 19.6. The van der Waals surface area contributed by atoms with Crippen LogP contribution in [-0.4, -0.2) is 47.1 Å². The maximum atomic E-state index is 12.7. The topological polar surface area (TPSA) is 87.1 Å². The number of nitrogens with zero attached hydrogens (tertiary/aromatic N) is 1. The number of Topliss-reactive ketones (excluding diaryl/α,β-unsaturated/α-hetero) is 1. The molecule has 2 N–H and O–H groups in total. The van der Waals surface area contributed by atoms with Crippen LogP contribution in [0.15, 0.2) is 54.1 Å². The number of ether oxygens (including phenoxy) is 1. The fourth-order valence-electron chi connectivity index (χ4n) is 3.17. The first-order valence-corrected chi connectivity index (χ1v) is 8.57. The van der Waals surface area contributed by atoms with Crippen molar-refractivity contribution in [3.05, 3.63) is 70.8 Å². The molecule has 1 aliphatic heterocycles. The van der Waals surface area contributed by atoms with Gasteiger partial charge in [-0.05, 0) is 24.6 Å². The van der Waals surface area contributed by atoms with Crippen molar-refractivity contribution < 1.29 is 24.5 Å². The number of rotatable bonds is 5. The average Bonchev–Trinajstić information content (AvgIpc) is 2.91. The molecule has 6 nitrogen and oxygen atoms in total. The van der Waals surface area contributed by atoms with Gasteiger partial charge in [0.25, 0.3) is 11.7 Å². The Hall–Kier alpha value is -3.12. The highest BCUT2D eigenvalue weighted by Gasteiger charge is 2.45. The molecule has 140 valence electrons. The van der Waals surface area contributed by atoms with Crippen LogP contribution in [-0.2, 0) is 14.3 Å². The van der Waals surface area contributed by atoms with Gasteiger partial charge >= 0.3 is 0 Å². The molecule has 1 heterocycles. The fourth-order valence-corrected chi connectivity index (χ4v) is 3.17. The van der Waals surface area contributed by atoms with Crippen LogP contribution in [0.25, 0.3) is 5.76 Å². The molecule has 0 aromatic heterocycles. The fraction of sp³-hybridized carbons (Fsp3) is 0.238. The Labute approximate surface area is 157 Å². The summed E-state index contributed by atoms with van der Waals surface area (Å²) >= 11 is 0. The van der Waals surface area contributed by atoms with E-state index in [1.54, 1.807) is 24.3 Å². The summed E-state index contributed by atoms with van der Waals surface area (Å²) in [5.41, 5.74) is 2.14. The smallest absolute Gasteiger partial charge is 0.295 e. The number of benzene rings is 2. The van der Waals surface area contributed by atoms with E-state index in [9.17, 15) is 19.8 Å². The van der Waals surface area contributed by atoms with Crippen molar-refractivity contribution in [1.82, 2.24) is 4.90 Å². The van der Waals surface area contributed by atoms with E-state index in [1.165, 1.54) is 24.1 Å². The predicted octanol–water partition coefficient (Wildman–Crippen LogP) is 2.77. The number of methoxy groups -OCH3 is 1. The first-order valence-electron chi connectivity index (χ1n) is 8.57. The summed E-state index contributed by atoms with van der Waals surface area (Å²) in [4.78, 5) is 26.7. The first-order chi connectivity index (χ1) is 12.9. The van der Waals surface area contributed by atoms with Crippen molar-refractivity contribution in [2.45, 2.75) is 13.0 Å². The van der Waals surface area contributed by atoms with Gasteiger partial charge in [0.2, 0.25) is 0 Å².